The molecule has 0 aliphatic heterocycles. The molecule has 0 radical (unpaired) electrons. The number of carbonyl (C=O) groups is 2. The van der Waals surface area contributed by atoms with Crippen LogP contribution in [0.2, 0.25) is 0 Å². The highest BCUT2D eigenvalue weighted by molar-refractivity contribution is 7.09. The van der Waals surface area contributed by atoms with Gasteiger partial charge >= 0.3 is 0 Å². The van der Waals surface area contributed by atoms with E-state index in [2.05, 4.69) is 10.5 Å². The Hall–Kier alpha value is -3.07. The van der Waals surface area contributed by atoms with Crippen molar-refractivity contribution in [3.8, 4) is 0 Å². The van der Waals surface area contributed by atoms with Crippen molar-refractivity contribution in [2.45, 2.75) is 20.0 Å². The summed E-state index contributed by atoms with van der Waals surface area (Å²) in [5.41, 5.74) is -0.0188. The Kier molecular flexibility index (Phi) is 6.15. The molecule has 3 rings (SSSR count). The highest BCUT2D eigenvalue weighted by Gasteiger charge is 2.21. The van der Waals surface area contributed by atoms with Crippen molar-refractivity contribution >= 4 is 23.2 Å². The van der Waals surface area contributed by atoms with Crippen molar-refractivity contribution in [2.75, 3.05) is 6.54 Å². The number of carbonyl (C=O) groups excluding carboxylic acids is 2. The molecule has 0 saturated carbocycles. The van der Waals surface area contributed by atoms with E-state index in [0.29, 0.717) is 12.6 Å². The molecule has 1 aromatic carbocycles. The van der Waals surface area contributed by atoms with Gasteiger partial charge in [-0.2, -0.15) is 0 Å². The topological polar surface area (TPSA) is 75.4 Å². The Labute approximate surface area is 163 Å². The number of halogens is 2. The quantitative estimate of drug-likeness (QED) is 0.652. The summed E-state index contributed by atoms with van der Waals surface area (Å²) in [4.78, 5) is 27.0. The van der Waals surface area contributed by atoms with Gasteiger partial charge in [0.25, 0.3) is 11.8 Å². The lowest BCUT2D eigenvalue weighted by Crippen LogP contribution is -2.30. The van der Waals surface area contributed by atoms with Crippen LogP contribution in [-0.2, 0) is 13.1 Å². The highest BCUT2D eigenvalue weighted by Crippen LogP contribution is 2.19. The lowest BCUT2D eigenvalue weighted by molar-refractivity contribution is 0.0713. The minimum absolute atomic E-state index is 0.0126. The summed E-state index contributed by atoms with van der Waals surface area (Å²) >= 11 is 1.45. The Bertz CT molecular complexity index is 952. The first kappa shape index (κ1) is 19.7. The Balaban J connectivity index is 1.85. The van der Waals surface area contributed by atoms with Gasteiger partial charge in [0, 0.05) is 29.1 Å². The van der Waals surface area contributed by atoms with E-state index in [9.17, 15) is 18.4 Å². The molecule has 0 atom stereocenters. The Morgan fingerprint density at radius 1 is 1.18 bits per heavy atom. The molecule has 0 aliphatic rings. The second-order valence-electron chi connectivity index (χ2n) is 5.94. The van der Waals surface area contributed by atoms with Gasteiger partial charge in [0.15, 0.2) is 11.5 Å². The number of aromatic nitrogens is 1. The van der Waals surface area contributed by atoms with Gasteiger partial charge in [-0.3, -0.25) is 9.59 Å². The van der Waals surface area contributed by atoms with Crippen LogP contribution in [0.25, 0.3) is 0 Å². The van der Waals surface area contributed by atoms with E-state index in [1.54, 1.807) is 6.92 Å². The fraction of sp³-hybridized carbons (Fsp3) is 0.211. The second kappa shape index (κ2) is 8.75. The molecule has 9 heteroatoms. The van der Waals surface area contributed by atoms with Crippen molar-refractivity contribution in [1.82, 2.24) is 15.4 Å². The first-order valence-electron chi connectivity index (χ1n) is 8.47. The van der Waals surface area contributed by atoms with Crippen LogP contribution in [-0.4, -0.2) is 28.4 Å². The molecule has 3 aromatic rings. The van der Waals surface area contributed by atoms with E-state index in [4.69, 9.17) is 4.52 Å². The fourth-order valence-electron chi connectivity index (χ4n) is 2.58. The molecule has 28 heavy (non-hydrogen) atoms. The maximum atomic E-state index is 13.5. The number of amides is 2. The van der Waals surface area contributed by atoms with Gasteiger partial charge in [0.05, 0.1) is 13.1 Å². The molecule has 0 saturated heterocycles. The zero-order chi connectivity index (χ0) is 20.1. The van der Waals surface area contributed by atoms with Gasteiger partial charge in [-0.1, -0.05) is 11.2 Å². The van der Waals surface area contributed by atoms with Crippen molar-refractivity contribution < 1.29 is 22.9 Å². The molecule has 2 heterocycles. The van der Waals surface area contributed by atoms with Crippen LogP contribution in [0, 0.1) is 11.6 Å². The van der Waals surface area contributed by atoms with Gasteiger partial charge in [-0.25, -0.2) is 8.78 Å². The number of thiophene rings is 1. The van der Waals surface area contributed by atoms with Crippen LogP contribution in [0.15, 0.2) is 46.3 Å². The van der Waals surface area contributed by atoms with Crippen LogP contribution in [0.1, 0.15) is 38.4 Å². The van der Waals surface area contributed by atoms with Crippen molar-refractivity contribution in [2.24, 2.45) is 0 Å². The van der Waals surface area contributed by atoms with Crippen LogP contribution in [0.4, 0.5) is 8.78 Å². The number of nitrogens with zero attached hydrogens (tertiary/aromatic N) is 2. The Morgan fingerprint density at radius 2 is 1.93 bits per heavy atom. The average Bonchev–Trinajstić information content (AvgIpc) is 3.32. The average molecular weight is 405 g/mol. The van der Waals surface area contributed by atoms with Gasteiger partial charge in [0.1, 0.15) is 11.6 Å². The third-order valence-corrected chi connectivity index (χ3v) is 4.66. The molecule has 0 bridgehead atoms. The van der Waals surface area contributed by atoms with Crippen molar-refractivity contribution in [1.29, 1.82) is 0 Å². The van der Waals surface area contributed by atoms with Crippen LogP contribution < -0.4 is 5.32 Å². The maximum absolute atomic E-state index is 13.5. The molecule has 0 unspecified atom stereocenters. The molecule has 0 spiro atoms. The van der Waals surface area contributed by atoms with Crippen molar-refractivity contribution in [3.05, 3.63) is 75.3 Å². The number of benzene rings is 1. The lowest BCUT2D eigenvalue weighted by Gasteiger charge is -2.21. The molecule has 2 aromatic heterocycles. The second-order valence-corrected chi connectivity index (χ2v) is 6.97. The van der Waals surface area contributed by atoms with Gasteiger partial charge in [-0.05, 0) is 30.5 Å². The summed E-state index contributed by atoms with van der Waals surface area (Å²) in [5, 5.41) is 8.17. The first-order valence-corrected chi connectivity index (χ1v) is 9.35. The van der Waals surface area contributed by atoms with Gasteiger partial charge < -0.3 is 14.7 Å². The molecule has 2 amide bonds. The molecular formula is C19H17F2N3O3S. The molecule has 0 fully saturated rings. The lowest BCUT2D eigenvalue weighted by atomic mass is 10.1. The van der Waals surface area contributed by atoms with Crippen molar-refractivity contribution in [3.63, 3.8) is 0 Å². The summed E-state index contributed by atoms with van der Waals surface area (Å²) in [7, 11) is 0. The number of nitrogens with one attached hydrogen (secondary N) is 1. The van der Waals surface area contributed by atoms with Crippen LogP contribution >= 0.6 is 11.3 Å². The van der Waals surface area contributed by atoms with E-state index in [1.165, 1.54) is 22.3 Å². The zero-order valence-electron chi connectivity index (χ0n) is 14.9. The SMILES string of the molecule is CCNC(=O)c1cc(CN(Cc2cccs2)C(=O)c2cc(F)cc(F)c2)on1. The minimum Gasteiger partial charge on any atom is -0.359 e. The molecule has 0 aliphatic carbocycles. The number of hydrogen-bond acceptors (Lipinski definition) is 5. The van der Waals surface area contributed by atoms with E-state index in [-0.39, 0.29) is 36.0 Å². The number of rotatable bonds is 7. The summed E-state index contributed by atoms with van der Waals surface area (Å²) in [6, 6.07) is 7.78. The molecule has 146 valence electrons. The Morgan fingerprint density at radius 3 is 2.57 bits per heavy atom. The number of hydrogen-bond donors (Lipinski definition) is 1. The largest absolute Gasteiger partial charge is 0.359 e. The molecular weight excluding hydrogens is 388 g/mol. The van der Waals surface area contributed by atoms with Crippen LogP contribution in [0.3, 0.4) is 0 Å². The summed E-state index contributed by atoms with van der Waals surface area (Å²) < 4.78 is 32.2. The van der Waals surface area contributed by atoms with Crippen LogP contribution in [0.5, 0.6) is 0 Å². The predicted molar refractivity (Wildman–Crippen MR) is 98.8 cm³/mol. The minimum atomic E-state index is -0.836. The molecule has 1 N–H and O–H groups in total. The standard InChI is InChI=1S/C19H17F2N3O3S/c1-2-22-18(25)17-9-15(27-23-17)10-24(11-16-4-3-5-28-16)19(26)12-6-13(20)8-14(21)7-12/h3-9H,2,10-11H2,1H3,(H,22,25). The van der Waals surface area contributed by atoms with Gasteiger partial charge in [0.2, 0.25) is 0 Å². The smallest absolute Gasteiger partial charge is 0.273 e. The summed E-state index contributed by atoms with van der Waals surface area (Å²) in [6.07, 6.45) is 0. The monoisotopic (exact) mass is 405 g/mol. The van der Waals surface area contributed by atoms with E-state index >= 15 is 0 Å². The highest BCUT2D eigenvalue weighted by atomic mass is 32.1. The third-order valence-electron chi connectivity index (χ3n) is 3.80. The normalized spacial score (nSPS) is 10.7. The molecule has 6 nitrogen and oxygen atoms in total. The maximum Gasteiger partial charge on any atom is 0.273 e. The van der Waals surface area contributed by atoms with E-state index in [1.807, 2.05) is 17.5 Å². The van der Waals surface area contributed by atoms with E-state index in [0.717, 1.165) is 17.0 Å². The fourth-order valence-corrected chi connectivity index (χ4v) is 3.30. The predicted octanol–water partition coefficient (Wildman–Crippen LogP) is 3.61. The van der Waals surface area contributed by atoms with E-state index < -0.39 is 17.5 Å². The first-order chi connectivity index (χ1) is 13.5. The van der Waals surface area contributed by atoms with Gasteiger partial charge in [-0.15, -0.1) is 11.3 Å². The summed E-state index contributed by atoms with van der Waals surface area (Å²) in [5.74, 6) is -2.35. The summed E-state index contributed by atoms with van der Waals surface area (Å²) in [6.45, 7) is 2.42. The zero-order valence-corrected chi connectivity index (χ0v) is 15.8. The third kappa shape index (κ3) is 4.80.